The Morgan fingerprint density at radius 1 is 1.47 bits per heavy atom. The predicted molar refractivity (Wildman–Crippen MR) is 60.5 cm³/mol. The van der Waals surface area contributed by atoms with Crippen LogP contribution in [0.1, 0.15) is 33.0 Å². The lowest BCUT2D eigenvalue weighted by atomic mass is 9.88. The summed E-state index contributed by atoms with van der Waals surface area (Å²) in [4.78, 5) is 0. The summed E-state index contributed by atoms with van der Waals surface area (Å²) in [5, 5.41) is 12.5. The first-order valence-electron chi connectivity index (χ1n) is 5.38. The Balaban J connectivity index is 2.34. The number of aliphatic hydroxyl groups excluding tert-OH is 1. The van der Waals surface area contributed by atoms with E-state index in [1.165, 1.54) is 0 Å². The van der Waals surface area contributed by atoms with Gasteiger partial charge >= 0.3 is 0 Å². The van der Waals surface area contributed by atoms with Crippen LogP contribution in [-0.2, 0) is 6.54 Å². The maximum atomic E-state index is 9.22. The summed E-state index contributed by atoms with van der Waals surface area (Å²) < 4.78 is 5.21. The Labute approximate surface area is 91.5 Å². The van der Waals surface area contributed by atoms with Crippen LogP contribution in [0.25, 0.3) is 0 Å². The standard InChI is InChI=1S/C12H21NO2/c1-12(2,3)7-10(9-14)13-8-11-5-4-6-15-11/h4-6,10,13-14H,7-9H2,1-3H3. The molecule has 1 aromatic heterocycles. The highest BCUT2D eigenvalue weighted by Gasteiger charge is 2.17. The van der Waals surface area contributed by atoms with Crippen molar-refractivity contribution in [1.82, 2.24) is 5.32 Å². The SMILES string of the molecule is CC(C)(C)CC(CO)NCc1ccco1. The molecule has 0 saturated carbocycles. The van der Waals surface area contributed by atoms with Crippen LogP contribution in [0, 0.1) is 5.41 Å². The molecule has 1 heterocycles. The Morgan fingerprint density at radius 2 is 2.20 bits per heavy atom. The Morgan fingerprint density at radius 3 is 2.67 bits per heavy atom. The first kappa shape index (κ1) is 12.3. The molecule has 0 amide bonds. The van der Waals surface area contributed by atoms with Crippen molar-refractivity contribution in [3.8, 4) is 0 Å². The van der Waals surface area contributed by atoms with Crippen molar-refractivity contribution in [2.45, 2.75) is 39.8 Å². The monoisotopic (exact) mass is 211 g/mol. The highest BCUT2D eigenvalue weighted by molar-refractivity contribution is 4.97. The Hall–Kier alpha value is -0.800. The molecule has 1 rings (SSSR count). The number of nitrogens with one attached hydrogen (secondary N) is 1. The van der Waals surface area contributed by atoms with E-state index in [0.29, 0.717) is 6.54 Å². The molecule has 0 aliphatic heterocycles. The molecule has 3 heteroatoms. The molecular weight excluding hydrogens is 190 g/mol. The van der Waals surface area contributed by atoms with Crippen molar-refractivity contribution < 1.29 is 9.52 Å². The van der Waals surface area contributed by atoms with Gasteiger partial charge in [0, 0.05) is 6.04 Å². The van der Waals surface area contributed by atoms with Crippen LogP contribution in [-0.4, -0.2) is 17.8 Å². The summed E-state index contributed by atoms with van der Waals surface area (Å²) in [6.07, 6.45) is 2.61. The van der Waals surface area contributed by atoms with Gasteiger partial charge in [0.15, 0.2) is 0 Å². The first-order chi connectivity index (χ1) is 7.01. The third-order valence-corrected chi connectivity index (χ3v) is 2.22. The number of furan rings is 1. The quantitative estimate of drug-likeness (QED) is 0.784. The van der Waals surface area contributed by atoms with Gasteiger partial charge in [0.25, 0.3) is 0 Å². The zero-order chi connectivity index (χ0) is 11.3. The third kappa shape index (κ3) is 5.00. The lowest BCUT2D eigenvalue weighted by Gasteiger charge is -2.25. The second-order valence-electron chi connectivity index (χ2n) is 5.10. The zero-order valence-electron chi connectivity index (χ0n) is 9.79. The molecule has 1 atom stereocenters. The fourth-order valence-corrected chi connectivity index (χ4v) is 1.60. The van der Waals surface area contributed by atoms with Gasteiger partial charge in [-0.25, -0.2) is 0 Å². The van der Waals surface area contributed by atoms with E-state index in [0.717, 1.165) is 12.2 Å². The summed E-state index contributed by atoms with van der Waals surface area (Å²) >= 11 is 0. The van der Waals surface area contributed by atoms with Crippen molar-refractivity contribution in [3.05, 3.63) is 24.2 Å². The second-order valence-corrected chi connectivity index (χ2v) is 5.10. The van der Waals surface area contributed by atoms with E-state index in [1.807, 2.05) is 12.1 Å². The van der Waals surface area contributed by atoms with Gasteiger partial charge in [0.2, 0.25) is 0 Å². The van der Waals surface area contributed by atoms with Crippen molar-refractivity contribution in [2.75, 3.05) is 6.61 Å². The van der Waals surface area contributed by atoms with E-state index >= 15 is 0 Å². The van der Waals surface area contributed by atoms with Crippen LogP contribution in [0.15, 0.2) is 22.8 Å². The van der Waals surface area contributed by atoms with E-state index in [2.05, 4.69) is 26.1 Å². The van der Waals surface area contributed by atoms with E-state index < -0.39 is 0 Å². The molecule has 2 N–H and O–H groups in total. The van der Waals surface area contributed by atoms with Crippen molar-refractivity contribution in [3.63, 3.8) is 0 Å². The molecule has 1 aromatic rings. The smallest absolute Gasteiger partial charge is 0.117 e. The van der Waals surface area contributed by atoms with Gasteiger partial charge in [-0.2, -0.15) is 0 Å². The van der Waals surface area contributed by atoms with Crippen LogP contribution in [0.4, 0.5) is 0 Å². The maximum Gasteiger partial charge on any atom is 0.117 e. The van der Waals surface area contributed by atoms with Crippen molar-refractivity contribution in [2.24, 2.45) is 5.41 Å². The molecule has 0 bridgehead atoms. The molecule has 0 saturated heterocycles. The van der Waals surface area contributed by atoms with Crippen LogP contribution in [0.3, 0.4) is 0 Å². The average Bonchev–Trinajstić information content (AvgIpc) is 2.62. The fraction of sp³-hybridized carbons (Fsp3) is 0.667. The number of hydrogen-bond donors (Lipinski definition) is 2. The summed E-state index contributed by atoms with van der Waals surface area (Å²) in [7, 11) is 0. The van der Waals surface area contributed by atoms with Gasteiger partial charge in [-0.15, -0.1) is 0 Å². The van der Waals surface area contributed by atoms with Gasteiger partial charge in [-0.3, -0.25) is 0 Å². The molecule has 0 aromatic carbocycles. The minimum Gasteiger partial charge on any atom is -0.468 e. The minimum atomic E-state index is 0.134. The number of rotatable bonds is 5. The normalized spacial score (nSPS) is 14.1. The molecule has 1 unspecified atom stereocenters. The molecule has 0 spiro atoms. The molecule has 15 heavy (non-hydrogen) atoms. The predicted octanol–water partition coefficient (Wildman–Crippen LogP) is 2.17. The summed E-state index contributed by atoms with van der Waals surface area (Å²) in [5.41, 5.74) is 0.226. The molecule has 86 valence electrons. The van der Waals surface area contributed by atoms with Gasteiger partial charge in [-0.1, -0.05) is 20.8 Å². The van der Waals surface area contributed by atoms with E-state index in [4.69, 9.17) is 4.42 Å². The van der Waals surface area contributed by atoms with Crippen LogP contribution < -0.4 is 5.32 Å². The Bertz CT molecular complexity index is 262. The molecule has 0 fully saturated rings. The van der Waals surface area contributed by atoms with Gasteiger partial charge in [0.1, 0.15) is 5.76 Å². The lowest BCUT2D eigenvalue weighted by Crippen LogP contribution is -2.35. The highest BCUT2D eigenvalue weighted by atomic mass is 16.3. The molecule has 0 aliphatic carbocycles. The zero-order valence-corrected chi connectivity index (χ0v) is 9.79. The van der Waals surface area contributed by atoms with Gasteiger partial charge in [0.05, 0.1) is 19.4 Å². The molecule has 3 nitrogen and oxygen atoms in total. The van der Waals surface area contributed by atoms with Crippen molar-refractivity contribution >= 4 is 0 Å². The number of aliphatic hydroxyl groups is 1. The molecular formula is C12H21NO2. The third-order valence-electron chi connectivity index (χ3n) is 2.22. The van der Waals surface area contributed by atoms with Gasteiger partial charge < -0.3 is 14.8 Å². The molecule has 0 aliphatic rings. The maximum absolute atomic E-state index is 9.22. The summed E-state index contributed by atoms with van der Waals surface area (Å²) in [6, 6.07) is 3.93. The van der Waals surface area contributed by atoms with Crippen LogP contribution >= 0.6 is 0 Å². The lowest BCUT2D eigenvalue weighted by molar-refractivity contribution is 0.195. The van der Waals surface area contributed by atoms with E-state index in [-0.39, 0.29) is 18.1 Å². The van der Waals surface area contributed by atoms with E-state index in [1.54, 1.807) is 6.26 Å². The minimum absolute atomic E-state index is 0.134. The summed E-state index contributed by atoms with van der Waals surface area (Å²) in [5.74, 6) is 0.905. The second kappa shape index (κ2) is 5.33. The Kier molecular flexibility index (Phi) is 4.36. The fourth-order valence-electron chi connectivity index (χ4n) is 1.60. The van der Waals surface area contributed by atoms with Crippen molar-refractivity contribution in [1.29, 1.82) is 0 Å². The number of hydrogen-bond acceptors (Lipinski definition) is 3. The van der Waals surface area contributed by atoms with Crippen LogP contribution in [0.5, 0.6) is 0 Å². The van der Waals surface area contributed by atoms with E-state index in [9.17, 15) is 5.11 Å². The first-order valence-corrected chi connectivity index (χ1v) is 5.38. The summed E-state index contributed by atoms with van der Waals surface area (Å²) in [6.45, 7) is 7.35. The molecule has 0 radical (unpaired) electrons. The average molecular weight is 211 g/mol. The van der Waals surface area contributed by atoms with Gasteiger partial charge in [-0.05, 0) is 24.0 Å². The largest absolute Gasteiger partial charge is 0.468 e. The topological polar surface area (TPSA) is 45.4 Å². The highest BCUT2D eigenvalue weighted by Crippen LogP contribution is 2.20. The van der Waals surface area contributed by atoms with Crippen LogP contribution in [0.2, 0.25) is 0 Å².